The third-order valence-corrected chi connectivity index (χ3v) is 2.93. The first-order valence-corrected chi connectivity index (χ1v) is 4.54. The zero-order chi connectivity index (χ0) is 7.84. The number of aldehydes is 1. The van der Waals surface area contributed by atoms with E-state index in [0.29, 0.717) is 5.92 Å². The van der Waals surface area contributed by atoms with Crippen LogP contribution >= 0.6 is 0 Å². The maximum absolute atomic E-state index is 10.5. The van der Waals surface area contributed by atoms with Gasteiger partial charge in [-0.1, -0.05) is 0 Å². The number of carbonyl (C=O) groups excluding carboxylic acids is 1. The molecule has 2 nitrogen and oxygen atoms in total. The summed E-state index contributed by atoms with van der Waals surface area (Å²) >= 11 is 0. The molecule has 0 aromatic carbocycles. The van der Waals surface area contributed by atoms with E-state index in [9.17, 15) is 4.79 Å². The Morgan fingerprint density at radius 2 is 1.64 bits per heavy atom. The monoisotopic (exact) mass is 153 g/mol. The van der Waals surface area contributed by atoms with E-state index in [4.69, 9.17) is 5.73 Å². The molecule has 2 aliphatic rings. The van der Waals surface area contributed by atoms with Gasteiger partial charge in [0.2, 0.25) is 0 Å². The molecule has 0 amide bonds. The van der Waals surface area contributed by atoms with Gasteiger partial charge in [0.05, 0.1) is 6.04 Å². The van der Waals surface area contributed by atoms with Gasteiger partial charge < -0.3 is 10.5 Å². The minimum absolute atomic E-state index is 0.171. The molecule has 11 heavy (non-hydrogen) atoms. The third-order valence-electron chi connectivity index (χ3n) is 2.93. The molecule has 0 saturated heterocycles. The Labute approximate surface area is 67.1 Å². The molecule has 2 heteroatoms. The van der Waals surface area contributed by atoms with Crippen molar-refractivity contribution in [1.29, 1.82) is 0 Å². The van der Waals surface area contributed by atoms with Crippen molar-refractivity contribution in [3.63, 3.8) is 0 Å². The molecule has 2 N–H and O–H groups in total. The molecule has 0 spiro atoms. The fourth-order valence-electron chi connectivity index (χ4n) is 2.07. The van der Waals surface area contributed by atoms with Crippen molar-refractivity contribution in [3.05, 3.63) is 0 Å². The molecule has 0 unspecified atom stereocenters. The van der Waals surface area contributed by atoms with E-state index < -0.39 is 0 Å². The van der Waals surface area contributed by atoms with Crippen LogP contribution in [0.4, 0.5) is 0 Å². The molecule has 0 aliphatic heterocycles. The first-order chi connectivity index (χ1) is 5.33. The third kappa shape index (κ3) is 1.45. The van der Waals surface area contributed by atoms with Crippen molar-refractivity contribution in [2.45, 2.75) is 31.7 Å². The van der Waals surface area contributed by atoms with Crippen molar-refractivity contribution in [2.24, 2.45) is 23.5 Å². The van der Waals surface area contributed by atoms with Gasteiger partial charge in [-0.05, 0) is 43.4 Å². The fraction of sp³-hybridized carbons (Fsp3) is 0.889. The Morgan fingerprint density at radius 3 is 1.91 bits per heavy atom. The van der Waals surface area contributed by atoms with Crippen LogP contribution in [-0.4, -0.2) is 12.3 Å². The van der Waals surface area contributed by atoms with E-state index in [1.54, 1.807) is 0 Å². The maximum atomic E-state index is 10.5. The van der Waals surface area contributed by atoms with Crippen LogP contribution in [0.15, 0.2) is 0 Å². The molecule has 0 bridgehead atoms. The van der Waals surface area contributed by atoms with E-state index in [2.05, 4.69) is 0 Å². The Kier molecular flexibility index (Phi) is 1.72. The Morgan fingerprint density at radius 1 is 1.18 bits per heavy atom. The lowest BCUT2D eigenvalue weighted by Gasteiger charge is -2.17. The smallest absolute Gasteiger partial charge is 0.136 e. The predicted molar refractivity (Wildman–Crippen MR) is 43.0 cm³/mol. The van der Waals surface area contributed by atoms with E-state index >= 15 is 0 Å². The minimum Gasteiger partial charge on any atom is -0.322 e. The van der Waals surface area contributed by atoms with Gasteiger partial charge in [0.15, 0.2) is 0 Å². The molecule has 0 radical (unpaired) electrons. The average molecular weight is 153 g/mol. The quantitative estimate of drug-likeness (QED) is 0.611. The molecule has 2 fully saturated rings. The van der Waals surface area contributed by atoms with Crippen LogP contribution in [0.25, 0.3) is 0 Å². The second kappa shape index (κ2) is 2.59. The SMILES string of the molecule is N[C@H](C=O)C(C1CC1)C1CC1. The van der Waals surface area contributed by atoms with Gasteiger partial charge in [-0.2, -0.15) is 0 Å². The largest absolute Gasteiger partial charge is 0.322 e. The maximum Gasteiger partial charge on any atom is 0.136 e. The highest BCUT2D eigenvalue weighted by Gasteiger charge is 2.44. The van der Waals surface area contributed by atoms with Crippen molar-refractivity contribution >= 4 is 6.29 Å². The fourth-order valence-corrected chi connectivity index (χ4v) is 2.07. The van der Waals surface area contributed by atoms with Gasteiger partial charge in [0.1, 0.15) is 6.29 Å². The second-order valence-corrected chi connectivity index (χ2v) is 3.97. The summed E-state index contributed by atoms with van der Waals surface area (Å²) in [5.74, 6) is 2.12. The van der Waals surface area contributed by atoms with Gasteiger partial charge in [0.25, 0.3) is 0 Å². The number of nitrogens with two attached hydrogens (primary N) is 1. The number of carbonyl (C=O) groups is 1. The summed E-state index contributed by atoms with van der Waals surface area (Å²) in [6.07, 6.45) is 6.16. The first kappa shape index (κ1) is 7.29. The molecule has 2 saturated carbocycles. The van der Waals surface area contributed by atoms with Gasteiger partial charge >= 0.3 is 0 Å². The van der Waals surface area contributed by atoms with E-state index in [-0.39, 0.29) is 6.04 Å². The Bertz CT molecular complexity index is 149. The highest BCUT2D eigenvalue weighted by molar-refractivity contribution is 5.58. The van der Waals surface area contributed by atoms with Crippen molar-refractivity contribution in [1.82, 2.24) is 0 Å². The zero-order valence-electron chi connectivity index (χ0n) is 6.70. The Hall–Kier alpha value is -0.370. The first-order valence-electron chi connectivity index (χ1n) is 4.54. The number of hydrogen-bond acceptors (Lipinski definition) is 2. The molecule has 0 aromatic heterocycles. The molecule has 2 aliphatic carbocycles. The molecule has 0 heterocycles. The summed E-state index contributed by atoms with van der Waals surface area (Å²) in [6, 6.07) is -0.171. The molecule has 1 atom stereocenters. The molecule has 62 valence electrons. The van der Waals surface area contributed by atoms with Crippen LogP contribution in [0.1, 0.15) is 25.7 Å². The Balaban J connectivity index is 1.95. The van der Waals surface area contributed by atoms with Crippen LogP contribution in [-0.2, 0) is 4.79 Å². The topological polar surface area (TPSA) is 43.1 Å². The predicted octanol–water partition coefficient (Wildman–Crippen LogP) is 0.949. The van der Waals surface area contributed by atoms with Crippen LogP contribution in [0.5, 0.6) is 0 Å². The second-order valence-electron chi connectivity index (χ2n) is 3.97. The lowest BCUT2D eigenvalue weighted by Crippen LogP contribution is -2.34. The van der Waals surface area contributed by atoms with E-state index in [1.807, 2.05) is 0 Å². The van der Waals surface area contributed by atoms with Gasteiger partial charge in [-0.15, -0.1) is 0 Å². The zero-order valence-corrected chi connectivity index (χ0v) is 6.70. The standard InChI is InChI=1S/C9H15NO/c10-8(5-11)9(6-1-2-6)7-3-4-7/h5-9H,1-4,10H2/t8-/m1/s1. The minimum atomic E-state index is -0.171. The van der Waals surface area contributed by atoms with Gasteiger partial charge in [0, 0.05) is 0 Å². The summed E-state index contributed by atoms with van der Waals surface area (Å²) in [7, 11) is 0. The normalized spacial score (nSPS) is 27.1. The lowest BCUT2D eigenvalue weighted by atomic mass is 9.91. The van der Waals surface area contributed by atoms with Crippen molar-refractivity contribution in [3.8, 4) is 0 Å². The molecule has 0 aromatic rings. The van der Waals surface area contributed by atoms with E-state index in [1.165, 1.54) is 25.7 Å². The molecule has 2 rings (SSSR count). The van der Waals surface area contributed by atoms with Crippen LogP contribution < -0.4 is 5.73 Å². The van der Waals surface area contributed by atoms with Gasteiger partial charge in [-0.25, -0.2) is 0 Å². The van der Waals surface area contributed by atoms with Crippen LogP contribution in [0.3, 0.4) is 0 Å². The average Bonchev–Trinajstić information content (AvgIpc) is 2.81. The van der Waals surface area contributed by atoms with Crippen LogP contribution in [0, 0.1) is 17.8 Å². The summed E-state index contributed by atoms with van der Waals surface area (Å²) in [4.78, 5) is 10.5. The number of hydrogen-bond donors (Lipinski definition) is 1. The summed E-state index contributed by atoms with van der Waals surface area (Å²) in [5.41, 5.74) is 5.73. The van der Waals surface area contributed by atoms with Crippen LogP contribution in [0.2, 0.25) is 0 Å². The highest BCUT2D eigenvalue weighted by Crippen LogP contribution is 2.49. The highest BCUT2D eigenvalue weighted by atomic mass is 16.1. The summed E-state index contributed by atoms with van der Waals surface area (Å²) in [5, 5.41) is 0. The van der Waals surface area contributed by atoms with Gasteiger partial charge in [-0.3, -0.25) is 0 Å². The molecular formula is C9H15NO. The van der Waals surface area contributed by atoms with Crippen molar-refractivity contribution < 1.29 is 4.79 Å². The lowest BCUT2D eigenvalue weighted by molar-refractivity contribution is -0.110. The summed E-state index contributed by atoms with van der Waals surface area (Å²) in [6.45, 7) is 0. The summed E-state index contributed by atoms with van der Waals surface area (Å²) < 4.78 is 0. The number of rotatable bonds is 4. The van der Waals surface area contributed by atoms with Crippen molar-refractivity contribution in [2.75, 3.05) is 0 Å². The molecular weight excluding hydrogens is 138 g/mol. The van der Waals surface area contributed by atoms with E-state index in [0.717, 1.165) is 18.1 Å².